The predicted molar refractivity (Wildman–Crippen MR) is 63.7 cm³/mol. The Morgan fingerprint density at radius 3 is 2.53 bits per heavy atom. The van der Waals surface area contributed by atoms with E-state index in [1.54, 1.807) is 0 Å². The Labute approximate surface area is 92.9 Å². The van der Waals surface area contributed by atoms with Gasteiger partial charge < -0.3 is 5.32 Å². The first-order chi connectivity index (χ1) is 6.90. The van der Waals surface area contributed by atoms with Crippen LogP contribution < -0.4 is 5.32 Å². The van der Waals surface area contributed by atoms with Crippen molar-refractivity contribution in [2.24, 2.45) is 12.5 Å². The van der Waals surface area contributed by atoms with Gasteiger partial charge in [-0.1, -0.05) is 20.8 Å². The molecule has 0 radical (unpaired) electrons. The molecule has 0 aliphatic carbocycles. The van der Waals surface area contributed by atoms with Gasteiger partial charge >= 0.3 is 0 Å². The third-order valence-corrected chi connectivity index (χ3v) is 2.70. The topological polar surface area (TPSA) is 29.9 Å². The van der Waals surface area contributed by atoms with Crippen molar-refractivity contribution in [3.8, 4) is 0 Å². The minimum Gasteiger partial charge on any atom is -0.313 e. The third-order valence-electron chi connectivity index (χ3n) is 2.70. The third kappa shape index (κ3) is 4.04. The van der Waals surface area contributed by atoms with Crippen LogP contribution in [0.2, 0.25) is 0 Å². The molecular formula is C12H23N3. The largest absolute Gasteiger partial charge is 0.313 e. The number of hydrogen-bond donors (Lipinski definition) is 1. The molecule has 0 amide bonds. The van der Waals surface area contributed by atoms with E-state index in [1.807, 2.05) is 17.9 Å². The molecule has 0 fully saturated rings. The van der Waals surface area contributed by atoms with Crippen molar-refractivity contribution in [2.45, 2.75) is 40.7 Å². The van der Waals surface area contributed by atoms with Crippen LogP contribution in [0.4, 0.5) is 0 Å². The van der Waals surface area contributed by atoms with Crippen LogP contribution in [0.15, 0.2) is 6.20 Å². The van der Waals surface area contributed by atoms with Crippen molar-refractivity contribution < 1.29 is 0 Å². The zero-order valence-corrected chi connectivity index (χ0v) is 10.6. The Morgan fingerprint density at radius 2 is 2.07 bits per heavy atom. The molecule has 0 saturated heterocycles. The Bertz CT molecular complexity index is 307. The van der Waals surface area contributed by atoms with E-state index >= 15 is 0 Å². The molecule has 1 N–H and O–H groups in total. The second-order valence-corrected chi connectivity index (χ2v) is 5.37. The summed E-state index contributed by atoms with van der Waals surface area (Å²) in [7, 11) is 1.98. The lowest BCUT2D eigenvalue weighted by molar-refractivity contribution is 0.366. The lowest BCUT2D eigenvalue weighted by Gasteiger charge is -2.17. The molecule has 0 aliphatic rings. The summed E-state index contributed by atoms with van der Waals surface area (Å²) in [5.41, 5.74) is 2.96. The molecule has 0 saturated carbocycles. The smallest absolute Gasteiger partial charge is 0.0537 e. The molecule has 0 bridgehead atoms. The number of hydrogen-bond acceptors (Lipinski definition) is 2. The van der Waals surface area contributed by atoms with E-state index in [9.17, 15) is 0 Å². The standard InChI is InChI=1S/C12H23N3/c1-10-11(9-14-15(10)5)8-13-7-6-12(2,3)4/h9,13H,6-8H2,1-5H3. The zero-order chi connectivity index (χ0) is 11.5. The molecule has 1 aromatic rings. The van der Waals surface area contributed by atoms with Gasteiger partial charge in [0.1, 0.15) is 0 Å². The highest BCUT2D eigenvalue weighted by Gasteiger charge is 2.09. The molecule has 1 rings (SSSR count). The Balaban J connectivity index is 2.30. The van der Waals surface area contributed by atoms with Crippen LogP contribution in [0.25, 0.3) is 0 Å². The number of rotatable bonds is 4. The highest BCUT2D eigenvalue weighted by atomic mass is 15.3. The van der Waals surface area contributed by atoms with Crippen LogP contribution in [0.5, 0.6) is 0 Å². The normalized spacial score (nSPS) is 12.1. The summed E-state index contributed by atoms with van der Waals surface area (Å²) >= 11 is 0. The molecule has 1 aromatic heterocycles. The zero-order valence-electron chi connectivity index (χ0n) is 10.6. The molecule has 0 aliphatic heterocycles. The first-order valence-electron chi connectivity index (χ1n) is 5.58. The monoisotopic (exact) mass is 209 g/mol. The van der Waals surface area contributed by atoms with Gasteiger partial charge in [0, 0.05) is 24.8 Å². The highest BCUT2D eigenvalue weighted by Crippen LogP contribution is 2.17. The summed E-state index contributed by atoms with van der Waals surface area (Å²) in [5.74, 6) is 0. The summed E-state index contributed by atoms with van der Waals surface area (Å²) in [6, 6.07) is 0. The Kier molecular flexibility index (Phi) is 3.91. The molecule has 1 heterocycles. The SMILES string of the molecule is Cc1c(CNCCC(C)(C)C)cnn1C. The lowest BCUT2D eigenvalue weighted by atomic mass is 9.92. The van der Waals surface area contributed by atoms with Gasteiger partial charge in [0.15, 0.2) is 0 Å². The molecule has 0 aromatic carbocycles. The van der Waals surface area contributed by atoms with Crippen molar-refractivity contribution >= 4 is 0 Å². The summed E-state index contributed by atoms with van der Waals surface area (Å²) in [6.07, 6.45) is 3.14. The van der Waals surface area contributed by atoms with E-state index in [4.69, 9.17) is 0 Å². The molecule has 86 valence electrons. The van der Waals surface area contributed by atoms with Crippen molar-refractivity contribution in [1.82, 2.24) is 15.1 Å². The maximum Gasteiger partial charge on any atom is 0.0537 e. The van der Waals surface area contributed by atoms with Crippen LogP contribution in [0.1, 0.15) is 38.4 Å². The Hall–Kier alpha value is -0.830. The van der Waals surface area contributed by atoms with Gasteiger partial charge in [-0.25, -0.2) is 0 Å². The number of nitrogens with one attached hydrogen (secondary N) is 1. The minimum absolute atomic E-state index is 0.414. The quantitative estimate of drug-likeness (QED) is 0.771. The number of aromatic nitrogens is 2. The van der Waals surface area contributed by atoms with Crippen LogP contribution in [0, 0.1) is 12.3 Å². The van der Waals surface area contributed by atoms with Gasteiger partial charge in [-0.3, -0.25) is 4.68 Å². The van der Waals surface area contributed by atoms with Gasteiger partial charge in [0.2, 0.25) is 0 Å². The van der Waals surface area contributed by atoms with E-state index < -0.39 is 0 Å². The molecule has 0 unspecified atom stereocenters. The van der Waals surface area contributed by atoms with Crippen LogP contribution in [-0.2, 0) is 13.6 Å². The average Bonchev–Trinajstić information content (AvgIpc) is 2.42. The van der Waals surface area contributed by atoms with E-state index in [-0.39, 0.29) is 0 Å². The van der Waals surface area contributed by atoms with Gasteiger partial charge in [-0.15, -0.1) is 0 Å². The van der Waals surface area contributed by atoms with E-state index in [0.29, 0.717) is 5.41 Å². The van der Waals surface area contributed by atoms with Crippen molar-refractivity contribution in [1.29, 1.82) is 0 Å². The fourth-order valence-electron chi connectivity index (χ4n) is 1.40. The molecule has 0 atom stereocenters. The number of nitrogens with zero attached hydrogens (tertiary/aromatic N) is 2. The number of aryl methyl sites for hydroxylation is 1. The predicted octanol–water partition coefficient (Wildman–Crippen LogP) is 2.25. The Morgan fingerprint density at radius 1 is 1.40 bits per heavy atom. The lowest BCUT2D eigenvalue weighted by Crippen LogP contribution is -2.20. The molecule has 15 heavy (non-hydrogen) atoms. The first kappa shape index (κ1) is 12.2. The summed E-state index contributed by atoms with van der Waals surface area (Å²) in [5, 5.41) is 7.68. The fourth-order valence-corrected chi connectivity index (χ4v) is 1.40. The second kappa shape index (κ2) is 4.79. The summed E-state index contributed by atoms with van der Waals surface area (Å²) in [4.78, 5) is 0. The van der Waals surface area contributed by atoms with Gasteiger partial charge in [-0.05, 0) is 25.3 Å². The second-order valence-electron chi connectivity index (χ2n) is 5.37. The fraction of sp³-hybridized carbons (Fsp3) is 0.750. The molecular weight excluding hydrogens is 186 g/mol. The van der Waals surface area contributed by atoms with Crippen LogP contribution in [-0.4, -0.2) is 16.3 Å². The van der Waals surface area contributed by atoms with E-state index in [1.165, 1.54) is 17.7 Å². The molecule has 3 heteroatoms. The van der Waals surface area contributed by atoms with Gasteiger partial charge in [-0.2, -0.15) is 5.10 Å². The highest BCUT2D eigenvalue weighted by molar-refractivity contribution is 5.15. The summed E-state index contributed by atoms with van der Waals surface area (Å²) in [6.45, 7) is 10.9. The minimum atomic E-state index is 0.414. The van der Waals surface area contributed by atoms with Crippen molar-refractivity contribution in [3.63, 3.8) is 0 Å². The maximum absolute atomic E-state index is 4.22. The first-order valence-corrected chi connectivity index (χ1v) is 5.58. The molecule has 0 spiro atoms. The van der Waals surface area contributed by atoms with Crippen molar-refractivity contribution in [2.75, 3.05) is 6.54 Å². The van der Waals surface area contributed by atoms with Gasteiger partial charge in [0.25, 0.3) is 0 Å². The maximum atomic E-state index is 4.22. The summed E-state index contributed by atoms with van der Waals surface area (Å²) < 4.78 is 1.92. The molecule has 3 nitrogen and oxygen atoms in total. The van der Waals surface area contributed by atoms with Crippen LogP contribution >= 0.6 is 0 Å². The van der Waals surface area contributed by atoms with E-state index in [2.05, 4.69) is 38.1 Å². The average molecular weight is 209 g/mol. The van der Waals surface area contributed by atoms with E-state index in [0.717, 1.165) is 13.1 Å². The van der Waals surface area contributed by atoms with Crippen LogP contribution in [0.3, 0.4) is 0 Å². The van der Waals surface area contributed by atoms with Crippen molar-refractivity contribution in [3.05, 3.63) is 17.5 Å². The van der Waals surface area contributed by atoms with Gasteiger partial charge in [0.05, 0.1) is 6.20 Å².